The summed E-state index contributed by atoms with van der Waals surface area (Å²) in [7, 11) is 0. The van der Waals surface area contributed by atoms with Gasteiger partial charge < -0.3 is 9.32 Å². The molecule has 0 fully saturated rings. The molecule has 1 aromatic heterocycles. The number of hydrogen-bond donors (Lipinski definition) is 0. The van der Waals surface area contributed by atoms with Crippen LogP contribution in [0.15, 0.2) is 229 Å². The minimum absolute atomic E-state index is 0.868. The molecule has 0 N–H and O–H groups in total. The number of para-hydroxylation sites is 1. The fraction of sp³-hybridized carbons (Fsp3) is 0. The number of furan rings is 1. The van der Waals surface area contributed by atoms with E-state index in [2.05, 4.69) is 229 Å². The van der Waals surface area contributed by atoms with Crippen molar-refractivity contribution in [2.24, 2.45) is 0 Å². The molecule has 0 aliphatic heterocycles. The molecule has 56 heavy (non-hydrogen) atoms. The summed E-state index contributed by atoms with van der Waals surface area (Å²) in [6.07, 6.45) is 0. The lowest BCUT2D eigenvalue weighted by Crippen LogP contribution is -2.11. The van der Waals surface area contributed by atoms with Crippen LogP contribution >= 0.6 is 0 Å². The molecule has 0 amide bonds. The third-order valence-electron chi connectivity index (χ3n) is 10.7. The zero-order valence-corrected chi connectivity index (χ0v) is 30.7. The highest BCUT2D eigenvalue weighted by Crippen LogP contribution is 2.45. The largest absolute Gasteiger partial charge is 0.456 e. The van der Waals surface area contributed by atoms with Crippen molar-refractivity contribution >= 4 is 39.0 Å². The summed E-state index contributed by atoms with van der Waals surface area (Å²) in [5.74, 6) is 0. The molecule has 9 aromatic carbocycles. The Hall–Kier alpha value is -7.42. The first-order valence-electron chi connectivity index (χ1n) is 19.1. The van der Waals surface area contributed by atoms with Crippen molar-refractivity contribution in [3.63, 3.8) is 0 Å². The monoisotopic (exact) mass is 715 g/mol. The topological polar surface area (TPSA) is 16.4 Å². The van der Waals surface area contributed by atoms with Crippen LogP contribution < -0.4 is 4.90 Å². The number of anilines is 3. The molecule has 264 valence electrons. The van der Waals surface area contributed by atoms with Gasteiger partial charge in [0.05, 0.1) is 5.69 Å². The summed E-state index contributed by atoms with van der Waals surface area (Å²) in [4.78, 5) is 2.38. The van der Waals surface area contributed by atoms with Crippen LogP contribution in [-0.4, -0.2) is 0 Å². The van der Waals surface area contributed by atoms with Crippen molar-refractivity contribution < 1.29 is 4.42 Å². The Morgan fingerprint density at radius 1 is 0.286 bits per heavy atom. The van der Waals surface area contributed by atoms with Gasteiger partial charge in [-0.2, -0.15) is 0 Å². The molecule has 1 heterocycles. The lowest BCUT2D eigenvalue weighted by molar-refractivity contribution is 0.669. The second-order valence-corrected chi connectivity index (χ2v) is 14.1. The summed E-state index contributed by atoms with van der Waals surface area (Å²) in [5.41, 5.74) is 16.7. The summed E-state index contributed by atoms with van der Waals surface area (Å²) in [5, 5.41) is 2.25. The van der Waals surface area contributed by atoms with Crippen molar-refractivity contribution in [1.29, 1.82) is 0 Å². The van der Waals surface area contributed by atoms with Crippen molar-refractivity contribution in [3.05, 3.63) is 224 Å². The van der Waals surface area contributed by atoms with E-state index in [-0.39, 0.29) is 0 Å². The van der Waals surface area contributed by atoms with Crippen molar-refractivity contribution in [2.75, 3.05) is 4.90 Å². The normalized spacial score (nSPS) is 11.2. The maximum Gasteiger partial charge on any atom is 0.136 e. The predicted octanol–water partition coefficient (Wildman–Crippen LogP) is 15.4. The van der Waals surface area contributed by atoms with Gasteiger partial charge in [-0.05, 0) is 98.6 Å². The van der Waals surface area contributed by atoms with Gasteiger partial charge in [-0.25, -0.2) is 0 Å². The van der Waals surface area contributed by atoms with E-state index in [9.17, 15) is 0 Å². The fourth-order valence-electron chi connectivity index (χ4n) is 7.92. The number of rotatable bonds is 8. The fourth-order valence-corrected chi connectivity index (χ4v) is 7.92. The molecule has 0 radical (unpaired) electrons. The third kappa shape index (κ3) is 6.24. The second kappa shape index (κ2) is 14.4. The van der Waals surface area contributed by atoms with Gasteiger partial charge in [0.1, 0.15) is 11.2 Å². The Labute approximate surface area is 327 Å². The van der Waals surface area contributed by atoms with Crippen LogP contribution in [0.5, 0.6) is 0 Å². The highest BCUT2D eigenvalue weighted by molar-refractivity contribution is 6.13. The number of fused-ring (bicyclic) bond motifs is 3. The Kier molecular flexibility index (Phi) is 8.55. The van der Waals surface area contributed by atoms with Gasteiger partial charge in [0, 0.05) is 27.7 Å². The van der Waals surface area contributed by atoms with Crippen molar-refractivity contribution in [3.8, 4) is 55.6 Å². The lowest BCUT2D eigenvalue weighted by Gasteiger charge is -2.28. The van der Waals surface area contributed by atoms with E-state index >= 15 is 0 Å². The summed E-state index contributed by atoms with van der Waals surface area (Å²) in [6, 6.07) is 79.9. The molecule has 2 heteroatoms. The first kappa shape index (κ1) is 33.2. The quantitative estimate of drug-likeness (QED) is 0.156. The van der Waals surface area contributed by atoms with Gasteiger partial charge >= 0.3 is 0 Å². The first-order chi connectivity index (χ1) is 27.8. The minimum atomic E-state index is 0.868. The highest BCUT2D eigenvalue weighted by Gasteiger charge is 2.20. The molecule has 0 aliphatic rings. The molecule has 0 bridgehead atoms. The van der Waals surface area contributed by atoms with Crippen LogP contribution in [0.2, 0.25) is 0 Å². The standard InChI is InChI=1S/C54H37NO/c1-5-14-38(15-6-1)40-24-26-41(27-25-40)42-28-32-47(33-29-42)55(46-20-11-4-12-21-46)51-36-44(39-16-7-2-8-17-39)30-34-48(51)45-31-35-50-53(37-45)56-52-23-13-22-49(54(50)52)43-18-9-3-10-19-43/h1-37H. The molecular formula is C54H37NO. The Morgan fingerprint density at radius 2 is 0.768 bits per heavy atom. The van der Waals surface area contributed by atoms with E-state index < -0.39 is 0 Å². The molecule has 0 spiro atoms. The molecule has 0 atom stereocenters. The maximum atomic E-state index is 6.61. The molecule has 10 aromatic rings. The number of hydrogen-bond acceptors (Lipinski definition) is 2. The van der Waals surface area contributed by atoms with Gasteiger partial charge in [-0.1, -0.05) is 176 Å². The van der Waals surface area contributed by atoms with Crippen LogP contribution in [0, 0.1) is 0 Å². The van der Waals surface area contributed by atoms with E-state index in [0.717, 1.165) is 55.7 Å². The van der Waals surface area contributed by atoms with Crippen LogP contribution in [0.4, 0.5) is 17.1 Å². The Morgan fingerprint density at radius 3 is 1.39 bits per heavy atom. The zero-order chi connectivity index (χ0) is 37.3. The third-order valence-corrected chi connectivity index (χ3v) is 10.7. The maximum absolute atomic E-state index is 6.61. The summed E-state index contributed by atoms with van der Waals surface area (Å²) >= 11 is 0. The average molecular weight is 716 g/mol. The second-order valence-electron chi connectivity index (χ2n) is 14.1. The van der Waals surface area contributed by atoms with Crippen molar-refractivity contribution in [2.45, 2.75) is 0 Å². The highest BCUT2D eigenvalue weighted by atomic mass is 16.3. The van der Waals surface area contributed by atoms with E-state index in [0.29, 0.717) is 0 Å². The summed E-state index contributed by atoms with van der Waals surface area (Å²) in [6.45, 7) is 0. The first-order valence-corrected chi connectivity index (χ1v) is 19.1. The average Bonchev–Trinajstić information content (AvgIpc) is 3.66. The molecular weight excluding hydrogens is 679 g/mol. The molecule has 2 nitrogen and oxygen atoms in total. The molecule has 0 unspecified atom stereocenters. The van der Waals surface area contributed by atoms with Crippen LogP contribution in [-0.2, 0) is 0 Å². The number of benzene rings is 9. The smallest absolute Gasteiger partial charge is 0.136 e. The van der Waals surface area contributed by atoms with E-state index in [1.807, 2.05) is 0 Å². The van der Waals surface area contributed by atoms with Crippen molar-refractivity contribution in [1.82, 2.24) is 0 Å². The SMILES string of the molecule is c1ccc(-c2ccc(-c3ccc(N(c4ccccc4)c4cc(-c5ccccc5)ccc4-c4ccc5c(c4)oc4cccc(-c6ccccc6)c45)cc3)cc2)cc1. The Bertz CT molecular complexity index is 2920. The zero-order valence-electron chi connectivity index (χ0n) is 30.7. The van der Waals surface area contributed by atoms with Crippen LogP contribution in [0.1, 0.15) is 0 Å². The van der Waals surface area contributed by atoms with E-state index in [1.54, 1.807) is 0 Å². The molecule has 0 saturated heterocycles. The minimum Gasteiger partial charge on any atom is -0.456 e. The van der Waals surface area contributed by atoms with Gasteiger partial charge in [-0.3, -0.25) is 0 Å². The predicted molar refractivity (Wildman–Crippen MR) is 236 cm³/mol. The molecule has 0 aliphatic carbocycles. The number of nitrogens with zero attached hydrogens (tertiary/aromatic N) is 1. The van der Waals surface area contributed by atoms with E-state index in [1.165, 1.54) is 38.9 Å². The van der Waals surface area contributed by atoms with E-state index in [4.69, 9.17) is 4.42 Å². The molecule has 10 rings (SSSR count). The summed E-state index contributed by atoms with van der Waals surface area (Å²) < 4.78 is 6.61. The van der Waals surface area contributed by atoms with Gasteiger partial charge in [0.2, 0.25) is 0 Å². The van der Waals surface area contributed by atoms with Crippen LogP contribution in [0.25, 0.3) is 77.6 Å². The van der Waals surface area contributed by atoms with Crippen LogP contribution in [0.3, 0.4) is 0 Å². The van der Waals surface area contributed by atoms with Gasteiger partial charge in [0.25, 0.3) is 0 Å². The van der Waals surface area contributed by atoms with Gasteiger partial charge in [0.15, 0.2) is 0 Å². The Balaban J connectivity index is 1.10. The van der Waals surface area contributed by atoms with Gasteiger partial charge in [-0.15, -0.1) is 0 Å². The molecule has 0 saturated carbocycles. The lowest BCUT2D eigenvalue weighted by atomic mass is 9.95.